The molecular formula is C14H17N3O2. The monoisotopic (exact) mass is 259 g/mol. The third-order valence-corrected chi connectivity index (χ3v) is 3.34. The highest BCUT2D eigenvalue weighted by molar-refractivity contribution is 6.06. The van der Waals surface area contributed by atoms with Gasteiger partial charge in [0.2, 0.25) is 0 Å². The second-order valence-corrected chi connectivity index (χ2v) is 4.68. The molecule has 2 heterocycles. The number of morpholine rings is 1. The van der Waals surface area contributed by atoms with Crippen LogP contribution in [0.1, 0.15) is 10.4 Å². The van der Waals surface area contributed by atoms with E-state index in [9.17, 15) is 4.79 Å². The van der Waals surface area contributed by atoms with Gasteiger partial charge in [-0.05, 0) is 6.07 Å². The summed E-state index contributed by atoms with van der Waals surface area (Å²) in [4.78, 5) is 15.3. The molecule has 5 heteroatoms. The lowest BCUT2D eigenvalue weighted by Crippen LogP contribution is -2.48. The molecule has 100 valence electrons. The fourth-order valence-corrected chi connectivity index (χ4v) is 2.32. The van der Waals surface area contributed by atoms with E-state index in [0.29, 0.717) is 18.7 Å². The molecule has 1 aromatic carbocycles. The van der Waals surface area contributed by atoms with Crippen LogP contribution < -0.4 is 10.6 Å². The van der Waals surface area contributed by atoms with E-state index in [2.05, 4.69) is 15.6 Å². The Morgan fingerprint density at radius 3 is 3.16 bits per heavy atom. The molecule has 1 unspecified atom stereocenters. The molecule has 1 saturated heterocycles. The molecule has 1 aromatic heterocycles. The van der Waals surface area contributed by atoms with E-state index in [1.807, 2.05) is 24.3 Å². The van der Waals surface area contributed by atoms with Gasteiger partial charge in [-0.15, -0.1) is 0 Å². The van der Waals surface area contributed by atoms with Crippen LogP contribution in [0.5, 0.6) is 0 Å². The van der Waals surface area contributed by atoms with Crippen molar-refractivity contribution in [3.05, 3.63) is 36.0 Å². The van der Waals surface area contributed by atoms with Crippen LogP contribution in [0.25, 0.3) is 10.9 Å². The van der Waals surface area contributed by atoms with Gasteiger partial charge in [-0.1, -0.05) is 18.2 Å². The summed E-state index contributed by atoms with van der Waals surface area (Å²) in [6.45, 7) is 2.81. The van der Waals surface area contributed by atoms with Gasteiger partial charge in [0.15, 0.2) is 0 Å². The molecule has 0 radical (unpaired) electrons. The molecule has 3 rings (SSSR count). The van der Waals surface area contributed by atoms with Crippen molar-refractivity contribution >= 4 is 16.8 Å². The Labute approximate surface area is 111 Å². The van der Waals surface area contributed by atoms with Crippen LogP contribution in [0.3, 0.4) is 0 Å². The number of amides is 1. The van der Waals surface area contributed by atoms with E-state index in [0.717, 1.165) is 24.1 Å². The first-order valence-corrected chi connectivity index (χ1v) is 6.50. The number of benzene rings is 1. The molecule has 2 aromatic rings. The maximum absolute atomic E-state index is 12.2. The van der Waals surface area contributed by atoms with Crippen molar-refractivity contribution in [1.29, 1.82) is 0 Å². The lowest BCUT2D eigenvalue weighted by atomic mass is 10.1. The van der Waals surface area contributed by atoms with Gasteiger partial charge in [-0.3, -0.25) is 4.79 Å². The zero-order valence-electron chi connectivity index (χ0n) is 10.6. The van der Waals surface area contributed by atoms with Crippen LogP contribution in [-0.2, 0) is 4.74 Å². The van der Waals surface area contributed by atoms with Gasteiger partial charge in [-0.2, -0.15) is 0 Å². The summed E-state index contributed by atoms with van der Waals surface area (Å²) in [7, 11) is 0. The lowest BCUT2D eigenvalue weighted by Gasteiger charge is -2.23. The van der Waals surface area contributed by atoms with Crippen LogP contribution in [0.2, 0.25) is 0 Å². The van der Waals surface area contributed by atoms with Crippen LogP contribution in [0.15, 0.2) is 30.5 Å². The predicted molar refractivity (Wildman–Crippen MR) is 73.2 cm³/mol. The molecule has 1 atom stereocenters. The number of para-hydroxylation sites is 1. The normalized spacial score (nSPS) is 19.5. The van der Waals surface area contributed by atoms with Gasteiger partial charge < -0.3 is 20.4 Å². The Hall–Kier alpha value is -1.85. The number of hydrogen-bond donors (Lipinski definition) is 3. The van der Waals surface area contributed by atoms with Crippen molar-refractivity contribution in [1.82, 2.24) is 15.6 Å². The average molecular weight is 259 g/mol. The quantitative estimate of drug-likeness (QED) is 0.767. The molecule has 0 spiro atoms. The third kappa shape index (κ3) is 2.62. The molecule has 3 N–H and O–H groups in total. The topological polar surface area (TPSA) is 66.2 Å². The Balaban J connectivity index is 1.66. The summed E-state index contributed by atoms with van der Waals surface area (Å²) in [5.74, 6) is -0.0511. The molecule has 1 amide bonds. The van der Waals surface area contributed by atoms with Crippen molar-refractivity contribution in [3.8, 4) is 0 Å². The highest BCUT2D eigenvalue weighted by Gasteiger charge is 2.16. The van der Waals surface area contributed by atoms with E-state index in [4.69, 9.17) is 4.74 Å². The zero-order chi connectivity index (χ0) is 13.1. The molecule has 5 nitrogen and oxygen atoms in total. The maximum Gasteiger partial charge on any atom is 0.253 e. The Bertz CT molecular complexity index is 573. The fourth-order valence-electron chi connectivity index (χ4n) is 2.32. The summed E-state index contributed by atoms with van der Waals surface area (Å²) in [5, 5.41) is 7.21. The summed E-state index contributed by atoms with van der Waals surface area (Å²) < 4.78 is 5.36. The average Bonchev–Trinajstić information content (AvgIpc) is 2.90. The molecule has 19 heavy (non-hydrogen) atoms. The predicted octanol–water partition coefficient (Wildman–Crippen LogP) is 0.886. The lowest BCUT2D eigenvalue weighted by molar-refractivity contribution is 0.0735. The number of carbonyl (C=O) groups excluding carboxylic acids is 1. The van der Waals surface area contributed by atoms with Crippen LogP contribution in [0, 0.1) is 0 Å². The molecule has 0 saturated carbocycles. The van der Waals surface area contributed by atoms with Crippen LogP contribution in [-0.4, -0.2) is 43.2 Å². The largest absolute Gasteiger partial charge is 0.378 e. The summed E-state index contributed by atoms with van der Waals surface area (Å²) in [6, 6.07) is 7.99. The molecule has 1 fully saturated rings. The summed E-state index contributed by atoms with van der Waals surface area (Å²) >= 11 is 0. The first kappa shape index (κ1) is 12.2. The van der Waals surface area contributed by atoms with Crippen molar-refractivity contribution in [2.75, 3.05) is 26.3 Å². The van der Waals surface area contributed by atoms with Crippen molar-refractivity contribution < 1.29 is 9.53 Å². The first-order valence-electron chi connectivity index (χ1n) is 6.50. The summed E-state index contributed by atoms with van der Waals surface area (Å²) in [6.07, 6.45) is 1.75. The Kier molecular flexibility index (Phi) is 3.48. The second kappa shape index (κ2) is 5.42. The minimum absolute atomic E-state index is 0.0511. The minimum Gasteiger partial charge on any atom is -0.378 e. The number of fused-ring (bicyclic) bond motifs is 1. The van der Waals surface area contributed by atoms with Crippen molar-refractivity contribution in [3.63, 3.8) is 0 Å². The smallest absolute Gasteiger partial charge is 0.253 e. The highest BCUT2D eigenvalue weighted by atomic mass is 16.5. The fraction of sp³-hybridized carbons (Fsp3) is 0.357. The van der Waals surface area contributed by atoms with E-state index < -0.39 is 0 Å². The van der Waals surface area contributed by atoms with Crippen molar-refractivity contribution in [2.24, 2.45) is 0 Å². The van der Waals surface area contributed by atoms with E-state index >= 15 is 0 Å². The van der Waals surface area contributed by atoms with Gasteiger partial charge >= 0.3 is 0 Å². The SMILES string of the molecule is O=C(NCC1COCCN1)c1c[nH]c2ccccc12. The highest BCUT2D eigenvalue weighted by Crippen LogP contribution is 2.17. The van der Waals surface area contributed by atoms with Crippen LogP contribution in [0.4, 0.5) is 0 Å². The molecular weight excluding hydrogens is 242 g/mol. The van der Waals surface area contributed by atoms with E-state index in [1.165, 1.54) is 0 Å². The molecule has 0 bridgehead atoms. The van der Waals surface area contributed by atoms with E-state index in [-0.39, 0.29) is 11.9 Å². The van der Waals surface area contributed by atoms with Gasteiger partial charge in [0, 0.05) is 36.2 Å². The minimum atomic E-state index is -0.0511. The number of carbonyl (C=O) groups is 1. The van der Waals surface area contributed by atoms with Gasteiger partial charge in [0.25, 0.3) is 5.91 Å². The van der Waals surface area contributed by atoms with E-state index in [1.54, 1.807) is 6.20 Å². The number of aromatic amines is 1. The Morgan fingerprint density at radius 2 is 2.32 bits per heavy atom. The molecule has 0 aliphatic carbocycles. The number of H-pyrrole nitrogens is 1. The number of hydrogen-bond acceptors (Lipinski definition) is 3. The number of aromatic nitrogens is 1. The van der Waals surface area contributed by atoms with Crippen LogP contribution >= 0.6 is 0 Å². The molecule has 1 aliphatic rings. The third-order valence-electron chi connectivity index (χ3n) is 3.34. The van der Waals surface area contributed by atoms with Gasteiger partial charge in [0.1, 0.15) is 0 Å². The summed E-state index contributed by atoms with van der Waals surface area (Å²) in [5.41, 5.74) is 1.67. The first-order chi connectivity index (χ1) is 9.34. The van der Waals surface area contributed by atoms with Gasteiger partial charge in [0.05, 0.1) is 18.8 Å². The Morgan fingerprint density at radius 1 is 1.42 bits per heavy atom. The number of rotatable bonds is 3. The van der Waals surface area contributed by atoms with Crippen molar-refractivity contribution in [2.45, 2.75) is 6.04 Å². The molecule has 1 aliphatic heterocycles. The number of nitrogens with one attached hydrogen (secondary N) is 3. The zero-order valence-corrected chi connectivity index (χ0v) is 10.6. The second-order valence-electron chi connectivity index (χ2n) is 4.68. The van der Waals surface area contributed by atoms with Gasteiger partial charge in [-0.25, -0.2) is 0 Å². The standard InChI is InChI=1S/C14H17N3O2/c18-14(17-7-10-9-19-6-5-15-10)12-8-16-13-4-2-1-3-11(12)13/h1-4,8,10,15-16H,5-7,9H2,(H,17,18). The number of ether oxygens (including phenoxy) is 1. The maximum atomic E-state index is 12.2.